The lowest BCUT2D eigenvalue weighted by atomic mass is 10.2. The van der Waals surface area contributed by atoms with E-state index >= 15 is 0 Å². The minimum Gasteiger partial charge on any atom is -0.392 e. The number of likely N-dealkylation sites (tertiary alicyclic amines) is 1. The van der Waals surface area contributed by atoms with Gasteiger partial charge in [-0.3, -0.25) is 9.80 Å². The normalized spacial score (nSPS) is 33.8. The lowest BCUT2D eigenvalue weighted by molar-refractivity contribution is -0.0506. The van der Waals surface area contributed by atoms with Crippen LogP contribution in [0.2, 0.25) is 0 Å². The number of rotatable bonds is 3. The third-order valence-corrected chi connectivity index (χ3v) is 3.61. The average molecular weight is 228 g/mol. The van der Waals surface area contributed by atoms with Crippen molar-refractivity contribution in [2.45, 2.75) is 38.5 Å². The van der Waals surface area contributed by atoms with Crippen LogP contribution in [0.15, 0.2) is 0 Å². The van der Waals surface area contributed by atoms with Crippen molar-refractivity contribution in [2.24, 2.45) is 0 Å². The molecule has 2 heterocycles. The van der Waals surface area contributed by atoms with Crippen molar-refractivity contribution in [3.63, 3.8) is 0 Å². The van der Waals surface area contributed by atoms with Crippen LogP contribution in [0.25, 0.3) is 0 Å². The predicted molar refractivity (Wildman–Crippen MR) is 63.5 cm³/mol. The van der Waals surface area contributed by atoms with E-state index in [4.69, 9.17) is 4.74 Å². The molecular formula is C12H24N2O2. The summed E-state index contributed by atoms with van der Waals surface area (Å²) >= 11 is 0. The van der Waals surface area contributed by atoms with Crippen molar-refractivity contribution < 1.29 is 9.84 Å². The van der Waals surface area contributed by atoms with E-state index in [2.05, 4.69) is 23.6 Å². The maximum absolute atomic E-state index is 9.48. The summed E-state index contributed by atoms with van der Waals surface area (Å²) in [7, 11) is 0. The van der Waals surface area contributed by atoms with Crippen LogP contribution in [0.5, 0.6) is 0 Å². The summed E-state index contributed by atoms with van der Waals surface area (Å²) in [4.78, 5) is 4.79. The highest BCUT2D eigenvalue weighted by Crippen LogP contribution is 2.14. The molecule has 4 heteroatoms. The number of β-amino-alcohol motifs (C(OH)–C–C–N with tert-alkyl or cyclic N) is 1. The van der Waals surface area contributed by atoms with Crippen molar-refractivity contribution in [1.82, 2.24) is 9.80 Å². The van der Waals surface area contributed by atoms with E-state index in [-0.39, 0.29) is 6.10 Å². The van der Waals surface area contributed by atoms with Gasteiger partial charge in [0.25, 0.3) is 0 Å². The third-order valence-electron chi connectivity index (χ3n) is 3.61. The van der Waals surface area contributed by atoms with Gasteiger partial charge >= 0.3 is 0 Å². The molecule has 2 aliphatic heterocycles. The molecule has 94 valence electrons. The Morgan fingerprint density at radius 1 is 1.31 bits per heavy atom. The van der Waals surface area contributed by atoms with Crippen LogP contribution >= 0.6 is 0 Å². The molecule has 1 N–H and O–H groups in total. The molecule has 4 nitrogen and oxygen atoms in total. The second-order valence-electron chi connectivity index (χ2n) is 5.28. The molecule has 2 fully saturated rings. The Kier molecular flexibility index (Phi) is 4.19. The highest BCUT2D eigenvalue weighted by molar-refractivity contribution is 4.81. The van der Waals surface area contributed by atoms with E-state index in [0.29, 0.717) is 12.1 Å². The lowest BCUT2D eigenvalue weighted by Crippen LogP contribution is -2.49. The number of morpholine rings is 1. The molecule has 0 aromatic carbocycles. The van der Waals surface area contributed by atoms with Gasteiger partial charge in [-0.1, -0.05) is 0 Å². The Labute approximate surface area is 98.2 Å². The smallest absolute Gasteiger partial charge is 0.0829 e. The van der Waals surface area contributed by atoms with Crippen molar-refractivity contribution >= 4 is 0 Å². The molecule has 2 rings (SSSR count). The summed E-state index contributed by atoms with van der Waals surface area (Å²) in [5.41, 5.74) is 0. The fourth-order valence-electron chi connectivity index (χ4n) is 2.59. The topological polar surface area (TPSA) is 35.9 Å². The number of aliphatic hydroxyl groups excluding tert-OH is 1. The molecule has 0 aromatic rings. The van der Waals surface area contributed by atoms with Crippen LogP contribution in [0.3, 0.4) is 0 Å². The second kappa shape index (κ2) is 5.45. The van der Waals surface area contributed by atoms with Gasteiger partial charge in [0, 0.05) is 38.8 Å². The van der Waals surface area contributed by atoms with Crippen LogP contribution in [0.1, 0.15) is 20.3 Å². The van der Waals surface area contributed by atoms with Gasteiger partial charge in [-0.25, -0.2) is 0 Å². The molecule has 1 unspecified atom stereocenters. The van der Waals surface area contributed by atoms with Crippen LogP contribution in [0, 0.1) is 0 Å². The fourth-order valence-corrected chi connectivity index (χ4v) is 2.59. The van der Waals surface area contributed by atoms with Gasteiger partial charge in [0.1, 0.15) is 0 Å². The standard InChI is InChI=1S/C12H24N2O2/c1-10(2)14-5-6-16-12(9-14)8-13-4-3-11(15)7-13/h10-12,15H,3-9H2,1-2H3/t11-,12?/m0/s1. The first-order valence-electron chi connectivity index (χ1n) is 6.41. The van der Waals surface area contributed by atoms with Crippen molar-refractivity contribution in [3.8, 4) is 0 Å². The molecule has 0 saturated carbocycles. The first-order valence-corrected chi connectivity index (χ1v) is 6.41. The Balaban J connectivity index is 1.77. The molecule has 2 aliphatic rings. The van der Waals surface area contributed by atoms with E-state index in [1.54, 1.807) is 0 Å². The summed E-state index contributed by atoms with van der Waals surface area (Å²) in [5.74, 6) is 0. The van der Waals surface area contributed by atoms with Crippen molar-refractivity contribution in [2.75, 3.05) is 39.3 Å². The highest BCUT2D eigenvalue weighted by atomic mass is 16.5. The van der Waals surface area contributed by atoms with Gasteiger partial charge in [-0.2, -0.15) is 0 Å². The van der Waals surface area contributed by atoms with Crippen LogP contribution in [-0.2, 0) is 4.74 Å². The SMILES string of the molecule is CC(C)N1CCOC(CN2CC[C@H](O)C2)C1. The Bertz CT molecular complexity index is 223. The Hall–Kier alpha value is -0.160. The quantitative estimate of drug-likeness (QED) is 0.746. The van der Waals surface area contributed by atoms with Crippen LogP contribution in [-0.4, -0.2) is 72.5 Å². The van der Waals surface area contributed by atoms with Crippen LogP contribution < -0.4 is 0 Å². The zero-order valence-electron chi connectivity index (χ0n) is 10.4. The molecule has 0 aliphatic carbocycles. The molecule has 0 amide bonds. The van der Waals surface area contributed by atoms with E-state index in [9.17, 15) is 5.11 Å². The summed E-state index contributed by atoms with van der Waals surface area (Å²) < 4.78 is 5.79. The molecule has 0 aromatic heterocycles. The Morgan fingerprint density at radius 2 is 2.12 bits per heavy atom. The molecule has 2 atom stereocenters. The van der Waals surface area contributed by atoms with Gasteiger partial charge in [0.15, 0.2) is 0 Å². The van der Waals surface area contributed by atoms with Gasteiger partial charge in [-0.05, 0) is 20.3 Å². The Morgan fingerprint density at radius 3 is 2.75 bits per heavy atom. The summed E-state index contributed by atoms with van der Waals surface area (Å²) in [5, 5.41) is 9.48. The van der Waals surface area contributed by atoms with E-state index < -0.39 is 0 Å². The van der Waals surface area contributed by atoms with Crippen molar-refractivity contribution in [1.29, 1.82) is 0 Å². The van der Waals surface area contributed by atoms with E-state index in [0.717, 1.165) is 45.8 Å². The molecule has 0 radical (unpaired) electrons. The minimum atomic E-state index is -0.121. The van der Waals surface area contributed by atoms with E-state index in [1.807, 2.05) is 0 Å². The molecular weight excluding hydrogens is 204 g/mol. The molecule has 0 bridgehead atoms. The molecule has 0 spiro atoms. The van der Waals surface area contributed by atoms with Gasteiger partial charge in [0.2, 0.25) is 0 Å². The minimum absolute atomic E-state index is 0.121. The number of aliphatic hydroxyl groups is 1. The van der Waals surface area contributed by atoms with Gasteiger partial charge < -0.3 is 9.84 Å². The second-order valence-corrected chi connectivity index (χ2v) is 5.28. The summed E-state index contributed by atoms with van der Waals surface area (Å²) in [6, 6.07) is 0.607. The van der Waals surface area contributed by atoms with Gasteiger partial charge in [0.05, 0.1) is 18.8 Å². The maximum atomic E-state index is 9.48. The lowest BCUT2D eigenvalue weighted by Gasteiger charge is -2.36. The average Bonchev–Trinajstić information content (AvgIpc) is 2.64. The summed E-state index contributed by atoms with van der Waals surface area (Å²) in [6.07, 6.45) is 1.12. The van der Waals surface area contributed by atoms with Gasteiger partial charge in [-0.15, -0.1) is 0 Å². The maximum Gasteiger partial charge on any atom is 0.0829 e. The van der Waals surface area contributed by atoms with Crippen LogP contribution in [0.4, 0.5) is 0 Å². The highest BCUT2D eigenvalue weighted by Gasteiger charge is 2.27. The largest absolute Gasteiger partial charge is 0.392 e. The number of hydrogen-bond acceptors (Lipinski definition) is 4. The molecule has 16 heavy (non-hydrogen) atoms. The summed E-state index contributed by atoms with van der Waals surface area (Å²) in [6.45, 7) is 10.2. The zero-order valence-corrected chi connectivity index (χ0v) is 10.4. The number of nitrogens with zero attached hydrogens (tertiary/aromatic N) is 2. The number of hydrogen-bond donors (Lipinski definition) is 1. The first kappa shape index (κ1) is 12.3. The third kappa shape index (κ3) is 3.17. The zero-order chi connectivity index (χ0) is 11.5. The fraction of sp³-hybridized carbons (Fsp3) is 1.00. The first-order chi connectivity index (χ1) is 7.65. The van der Waals surface area contributed by atoms with E-state index in [1.165, 1.54) is 0 Å². The molecule has 2 saturated heterocycles. The monoisotopic (exact) mass is 228 g/mol. The predicted octanol–water partition coefficient (Wildman–Crippen LogP) is 0.162. The number of ether oxygens (including phenoxy) is 1. The van der Waals surface area contributed by atoms with Crippen molar-refractivity contribution in [3.05, 3.63) is 0 Å².